The number of aryl methyl sites for hydroxylation is 1. The fourth-order valence-electron chi connectivity index (χ4n) is 5.30. The molecule has 3 aromatic carbocycles. The van der Waals surface area contributed by atoms with Crippen LogP contribution in [0.25, 0.3) is 10.9 Å². The first-order valence-electron chi connectivity index (χ1n) is 13.5. The maximum Gasteiger partial charge on any atom is 0.303 e. The van der Waals surface area contributed by atoms with Gasteiger partial charge < -0.3 is 14.6 Å². The second kappa shape index (κ2) is 12.1. The average Bonchev–Trinajstić information content (AvgIpc) is 3.27. The van der Waals surface area contributed by atoms with Crippen molar-refractivity contribution >= 4 is 28.3 Å². The average molecular weight is 511 g/mol. The Bertz CT molecular complexity index is 1400. The van der Waals surface area contributed by atoms with Gasteiger partial charge in [-0.3, -0.25) is 9.59 Å². The largest absolute Gasteiger partial charge is 0.481 e. The minimum absolute atomic E-state index is 0.0282. The smallest absolute Gasteiger partial charge is 0.303 e. The number of ketones is 1. The summed E-state index contributed by atoms with van der Waals surface area (Å²) in [6.07, 6.45) is 4.51. The number of para-hydroxylation sites is 1. The van der Waals surface area contributed by atoms with E-state index in [1.165, 1.54) is 11.1 Å². The number of hydrogen-bond donors (Lipinski definition) is 1. The number of aromatic nitrogens is 1. The molecule has 1 N–H and O–H groups in total. The lowest BCUT2D eigenvalue weighted by molar-refractivity contribution is -0.137. The second-order valence-electron chi connectivity index (χ2n) is 10.5. The van der Waals surface area contributed by atoms with E-state index in [1.54, 1.807) is 0 Å². The van der Waals surface area contributed by atoms with Gasteiger partial charge in [0.05, 0.1) is 6.04 Å². The van der Waals surface area contributed by atoms with Crippen molar-refractivity contribution in [2.45, 2.75) is 59.0 Å². The van der Waals surface area contributed by atoms with E-state index in [-0.39, 0.29) is 18.2 Å². The first-order chi connectivity index (χ1) is 18.3. The van der Waals surface area contributed by atoms with E-state index in [0.29, 0.717) is 30.0 Å². The lowest BCUT2D eigenvalue weighted by atomic mass is 9.97. The topological polar surface area (TPSA) is 62.5 Å². The molecule has 4 aromatic rings. The van der Waals surface area contributed by atoms with Crippen LogP contribution in [0.4, 0.5) is 5.69 Å². The number of carboxylic acid groups (broad SMARTS) is 1. The van der Waals surface area contributed by atoms with Gasteiger partial charge in [-0.1, -0.05) is 75.4 Å². The van der Waals surface area contributed by atoms with Crippen molar-refractivity contribution in [1.29, 1.82) is 0 Å². The number of hydrogen-bond acceptors (Lipinski definition) is 3. The molecular weight excluding hydrogens is 472 g/mol. The van der Waals surface area contributed by atoms with Crippen LogP contribution in [0.3, 0.4) is 0 Å². The molecular formula is C33H38N2O3. The Balaban J connectivity index is 1.59. The third-order valence-corrected chi connectivity index (χ3v) is 7.20. The van der Waals surface area contributed by atoms with E-state index in [2.05, 4.69) is 63.1 Å². The third kappa shape index (κ3) is 6.16. The predicted molar refractivity (Wildman–Crippen MR) is 155 cm³/mol. The molecule has 198 valence electrons. The third-order valence-electron chi connectivity index (χ3n) is 7.20. The molecule has 0 aliphatic carbocycles. The number of carboxylic acids is 1. The van der Waals surface area contributed by atoms with E-state index in [1.807, 2.05) is 53.2 Å². The fraction of sp³-hybridized carbons (Fsp3) is 0.333. The number of anilines is 1. The Hall–Kier alpha value is -3.86. The lowest BCUT2D eigenvalue weighted by Gasteiger charge is -2.30. The summed E-state index contributed by atoms with van der Waals surface area (Å²) in [7, 11) is 2.09. The van der Waals surface area contributed by atoms with Crippen molar-refractivity contribution in [2.75, 3.05) is 11.9 Å². The minimum Gasteiger partial charge on any atom is -0.481 e. The van der Waals surface area contributed by atoms with E-state index < -0.39 is 5.97 Å². The van der Waals surface area contributed by atoms with Gasteiger partial charge >= 0.3 is 5.97 Å². The summed E-state index contributed by atoms with van der Waals surface area (Å²) in [6, 6.07) is 24.8. The van der Waals surface area contributed by atoms with Crippen molar-refractivity contribution in [3.05, 3.63) is 101 Å². The Morgan fingerprint density at radius 3 is 2.39 bits per heavy atom. The molecule has 5 nitrogen and oxygen atoms in total. The van der Waals surface area contributed by atoms with Crippen LogP contribution in [0.5, 0.6) is 0 Å². The van der Waals surface area contributed by atoms with Crippen LogP contribution in [0.1, 0.15) is 73.1 Å². The van der Waals surface area contributed by atoms with Gasteiger partial charge in [0.1, 0.15) is 0 Å². The molecule has 0 saturated heterocycles. The lowest BCUT2D eigenvalue weighted by Crippen LogP contribution is -2.24. The van der Waals surface area contributed by atoms with Gasteiger partial charge in [0.25, 0.3) is 0 Å². The summed E-state index contributed by atoms with van der Waals surface area (Å²) >= 11 is 0. The molecule has 0 aliphatic rings. The van der Waals surface area contributed by atoms with E-state index in [9.17, 15) is 9.59 Å². The van der Waals surface area contributed by atoms with Gasteiger partial charge in [-0.25, -0.2) is 0 Å². The van der Waals surface area contributed by atoms with Crippen LogP contribution in [0, 0.1) is 5.92 Å². The number of nitrogens with zero attached hydrogens (tertiary/aromatic N) is 2. The molecule has 0 spiro atoms. The van der Waals surface area contributed by atoms with Crippen LogP contribution in [-0.4, -0.2) is 28.5 Å². The van der Waals surface area contributed by atoms with Crippen molar-refractivity contribution < 1.29 is 14.7 Å². The van der Waals surface area contributed by atoms with Crippen LogP contribution in [-0.2, 0) is 17.8 Å². The van der Waals surface area contributed by atoms with Crippen molar-refractivity contribution in [3.8, 4) is 0 Å². The molecule has 0 aliphatic heterocycles. The quantitative estimate of drug-likeness (QED) is 0.200. The number of carbonyl (C=O) groups is 2. The van der Waals surface area contributed by atoms with E-state index in [4.69, 9.17) is 5.11 Å². The van der Waals surface area contributed by atoms with Gasteiger partial charge in [-0.15, -0.1) is 0 Å². The van der Waals surface area contributed by atoms with Gasteiger partial charge in [0, 0.05) is 53.9 Å². The first-order valence-corrected chi connectivity index (χ1v) is 13.5. The van der Waals surface area contributed by atoms with Crippen molar-refractivity contribution in [1.82, 2.24) is 4.57 Å². The Morgan fingerprint density at radius 2 is 1.71 bits per heavy atom. The number of aliphatic carboxylic acids is 1. The summed E-state index contributed by atoms with van der Waals surface area (Å²) in [6.45, 7) is 7.22. The normalized spacial score (nSPS) is 12.1. The Morgan fingerprint density at radius 1 is 0.974 bits per heavy atom. The Kier molecular flexibility index (Phi) is 8.67. The molecule has 38 heavy (non-hydrogen) atoms. The SMILES string of the molecule is CCC(c1ccc(CC(C)C)cc1)N(C)c1cccc(C(=O)c2cn(CCCC(=O)O)c3ccccc23)c1. The van der Waals surface area contributed by atoms with Crippen molar-refractivity contribution in [2.24, 2.45) is 5.92 Å². The molecule has 1 aromatic heterocycles. The highest BCUT2D eigenvalue weighted by Gasteiger charge is 2.20. The van der Waals surface area contributed by atoms with Crippen LogP contribution in [0.2, 0.25) is 0 Å². The first kappa shape index (κ1) is 27.2. The summed E-state index contributed by atoms with van der Waals surface area (Å²) < 4.78 is 2.00. The summed E-state index contributed by atoms with van der Waals surface area (Å²) in [4.78, 5) is 27.0. The molecule has 1 unspecified atom stereocenters. The van der Waals surface area contributed by atoms with Crippen molar-refractivity contribution in [3.63, 3.8) is 0 Å². The maximum atomic E-state index is 13.7. The zero-order chi connectivity index (χ0) is 27.2. The molecule has 0 saturated carbocycles. The monoisotopic (exact) mass is 510 g/mol. The zero-order valence-electron chi connectivity index (χ0n) is 22.9. The van der Waals surface area contributed by atoms with Gasteiger partial charge in [-0.2, -0.15) is 0 Å². The predicted octanol–water partition coefficient (Wildman–Crippen LogP) is 7.52. The maximum absolute atomic E-state index is 13.7. The summed E-state index contributed by atoms with van der Waals surface area (Å²) in [5, 5.41) is 9.91. The molecule has 0 radical (unpaired) electrons. The molecule has 4 rings (SSSR count). The zero-order valence-corrected chi connectivity index (χ0v) is 22.9. The molecule has 5 heteroatoms. The number of fused-ring (bicyclic) bond motifs is 1. The summed E-state index contributed by atoms with van der Waals surface area (Å²) in [5.74, 6) is -0.209. The van der Waals surface area contributed by atoms with Gasteiger partial charge in [0.2, 0.25) is 0 Å². The highest BCUT2D eigenvalue weighted by molar-refractivity contribution is 6.16. The van der Waals surface area contributed by atoms with Gasteiger partial charge in [-0.05, 0) is 54.5 Å². The molecule has 0 bridgehead atoms. The molecule has 1 atom stereocenters. The highest BCUT2D eigenvalue weighted by atomic mass is 16.4. The number of benzene rings is 3. The standard InChI is InChI=1S/C33H38N2O3/c1-5-30(25-17-15-24(16-18-25)20-23(2)3)34(4)27-11-8-10-26(21-27)33(38)29-22-35(19-9-14-32(36)37)31-13-7-6-12-28(29)31/h6-8,10-13,15-18,21-23,30H,5,9,14,19-20H2,1-4H3,(H,36,37). The molecule has 1 heterocycles. The van der Waals surface area contributed by atoms with E-state index in [0.717, 1.165) is 29.4 Å². The van der Waals surface area contributed by atoms with E-state index >= 15 is 0 Å². The van der Waals surface area contributed by atoms with Crippen LogP contribution >= 0.6 is 0 Å². The molecule has 0 fully saturated rings. The minimum atomic E-state index is -0.810. The highest BCUT2D eigenvalue weighted by Crippen LogP contribution is 2.31. The second-order valence-corrected chi connectivity index (χ2v) is 10.5. The van der Waals surface area contributed by atoms with Crippen LogP contribution in [0.15, 0.2) is 79.0 Å². The number of rotatable bonds is 12. The van der Waals surface area contributed by atoms with Crippen LogP contribution < -0.4 is 4.90 Å². The fourth-order valence-corrected chi connectivity index (χ4v) is 5.30. The Labute approximate surface area is 225 Å². The number of carbonyl (C=O) groups excluding carboxylic acids is 1. The molecule has 0 amide bonds. The van der Waals surface area contributed by atoms with Gasteiger partial charge in [0.15, 0.2) is 5.78 Å². The summed E-state index contributed by atoms with van der Waals surface area (Å²) in [5.41, 5.74) is 5.86.